The highest BCUT2D eigenvalue weighted by Crippen LogP contribution is 2.39. The zero-order valence-corrected chi connectivity index (χ0v) is 7.60. The van der Waals surface area contributed by atoms with Gasteiger partial charge in [-0.1, -0.05) is 11.6 Å². The second-order valence-corrected chi connectivity index (χ2v) is 3.35. The van der Waals surface area contributed by atoms with Gasteiger partial charge in [0.25, 0.3) is 0 Å². The Bertz CT molecular complexity index is 296. The third kappa shape index (κ3) is 1.50. The van der Waals surface area contributed by atoms with E-state index in [4.69, 9.17) is 11.6 Å². The maximum absolute atomic E-state index is 5.81. The van der Waals surface area contributed by atoms with Crippen molar-refractivity contribution in [3.05, 3.63) is 16.9 Å². The number of hydrogen-bond acceptors (Lipinski definition) is 3. The predicted molar refractivity (Wildman–Crippen MR) is 48.6 cm³/mol. The molecule has 1 aliphatic carbocycles. The van der Waals surface area contributed by atoms with E-state index in [1.807, 2.05) is 6.07 Å². The molecule has 1 aliphatic rings. The van der Waals surface area contributed by atoms with E-state index in [0.29, 0.717) is 17.0 Å². The molecule has 0 aliphatic heterocycles. The maximum Gasteiger partial charge on any atom is 0.224 e. The number of hydrogen-bond donors (Lipinski definition) is 1. The summed E-state index contributed by atoms with van der Waals surface area (Å²) in [6.45, 7) is 0. The molecule has 0 atom stereocenters. The molecule has 1 saturated carbocycles. The average Bonchev–Trinajstić information content (AvgIpc) is 2.85. The lowest BCUT2D eigenvalue weighted by Gasteiger charge is -2.01. The van der Waals surface area contributed by atoms with Crippen molar-refractivity contribution in [2.45, 2.75) is 18.8 Å². The van der Waals surface area contributed by atoms with Crippen LogP contribution in [0.4, 0.5) is 5.95 Å². The van der Waals surface area contributed by atoms with E-state index in [1.165, 1.54) is 12.8 Å². The molecule has 0 spiro atoms. The molecule has 4 heteroatoms. The van der Waals surface area contributed by atoms with E-state index in [1.54, 1.807) is 7.05 Å². The van der Waals surface area contributed by atoms with Crippen LogP contribution >= 0.6 is 11.6 Å². The lowest BCUT2D eigenvalue weighted by atomic mass is 10.3. The molecule has 0 saturated heterocycles. The molecule has 0 aromatic carbocycles. The van der Waals surface area contributed by atoms with E-state index >= 15 is 0 Å². The van der Waals surface area contributed by atoms with Gasteiger partial charge in [-0.15, -0.1) is 0 Å². The van der Waals surface area contributed by atoms with Gasteiger partial charge in [0.15, 0.2) is 0 Å². The highest BCUT2D eigenvalue weighted by atomic mass is 35.5. The quantitative estimate of drug-likeness (QED) is 0.714. The lowest BCUT2D eigenvalue weighted by molar-refractivity contribution is 0.989. The molecule has 1 fully saturated rings. The molecule has 64 valence electrons. The van der Waals surface area contributed by atoms with E-state index < -0.39 is 0 Å². The van der Waals surface area contributed by atoms with Gasteiger partial charge in [-0.3, -0.25) is 0 Å². The molecule has 0 radical (unpaired) electrons. The molecule has 12 heavy (non-hydrogen) atoms. The van der Waals surface area contributed by atoms with Crippen LogP contribution in [0, 0.1) is 0 Å². The number of aromatic nitrogens is 2. The first-order chi connectivity index (χ1) is 5.79. The van der Waals surface area contributed by atoms with Gasteiger partial charge >= 0.3 is 0 Å². The van der Waals surface area contributed by atoms with Crippen molar-refractivity contribution < 1.29 is 0 Å². The Labute approximate surface area is 76.2 Å². The fraction of sp³-hybridized carbons (Fsp3) is 0.500. The Morgan fingerprint density at radius 1 is 1.50 bits per heavy atom. The fourth-order valence-electron chi connectivity index (χ4n) is 1.14. The van der Waals surface area contributed by atoms with Crippen LogP contribution in [0.25, 0.3) is 0 Å². The summed E-state index contributed by atoms with van der Waals surface area (Å²) in [4.78, 5) is 8.31. The summed E-state index contributed by atoms with van der Waals surface area (Å²) >= 11 is 5.81. The average molecular weight is 184 g/mol. The molecule has 1 N–H and O–H groups in total. The Balaban J connectivity index is 2.34. The largest absolute Gasteiger partial charge is 0.357 e. The summed E-state index contributed by atoms with van der Waals surface area (Å²) in [7, 11) is 1.79. The number of nitrogens with one attached hydrogen (secondary N) is 1. The van der Waals surface area contributed by atoms with Crippen LogP contribution in [0.15, 0.2) is 6.07 Å². The van der Waals surface area contributed by atoms with Gasteiger partial charge in [-0.25, -0.2) is 9.97 Å². The van der Waals surface area contributed by atoms with Crippen LogP contribution in [0.2, 0.25) is 5.15 Å². The van der Waals surface area contributed by atoms with E-state index in [0.717, 1.165) is 5.69 Å². The fourth-order valence-corrected chi connectivity index (χ4v) is 1.33. The van der Waals surface area contributed by atoms with Crippen molar-refractivity contribution in [2.24, 2.45) is 0 Å². The molecule has 1 aromatic heterocycles. The minimum atomic E-state index is 0.524. The summed E-state index contributed by atoms with van der Waals surface area (Å²) in [6.07, 6.45) is 2.47. The molecule has 3 nitrogen and oxygen atoms in total. The highest BCUT2D eigenvalue weighted by Gasteiger charge is 2.25. The van der Waals surface area contributed by atoms with Crippen LogP contribution in [0.1, 0.15) is 24.5 Å². The zero-order chi connectivity index (χ0) is 8.55. The van der Waals surface area contributed by atoms with Crippen molar-refractivity contribution in [2.75, 3.05) is 12.4 Å². The number of rotatable bonds is 2. The molecule has 0 amide bonds. The van der Waals surface area contributed by atoms with Gasteiger partial charge in [-0.2, -0.15) is 0 Å². The van der Waals surface area contributed by atoms with Crippen molar-refractivity contribution in [3.8, 4) is 0 Å². The van der Waals surface area contributed by atoms with Gasteiger partial charge in [0, 0.05) is 13.0 Å². The SMILES string of the molecule is CNc1nc(Cl)cc(C2CC2)n1. The van der Waals surface area contributed by atoms with Crippen LogP contribution in [0.5, 0.6) is 0 Å². The summed E-state index contributed by atoms with van der Waals surface area (Å²) in [5.74, 6) is 1.24. The van der Waals surface area contributed by atoms with Crippen LogP contribution in [-0.4, -0.2) is 17.0 Å². The molecular weight excluding hydrogens is 174 g/mol. The lowest BCUT2D eigenvalue weighted by Crippen LogP contribution is -1.99. The Kier molecular flexibility index (Phi) is 1.89. The van der Waals surface area contributed by atoms with Gasteiger partial charge in [0.05, 0.1) is 5.69 Å². The minimum absolute atomic E-state index is 0.524. The molecule has 2 rings (SSSR count). The molecule has 0 unspecified atom stereocenters. The molecular formula is C8H10ClN3. The first kappa shape index (κ1) is 7.80. The molecule has 1 heterocycles. The maximum atomic E-state index is 5.81. The first-order valence-electron chi connectivity index (χ1n) is 4.02. The number of nitrogens with zero attached hydrogens (tertiary/aromatic N) is 2. The standard InChI is InChI=1S/C8H10ClN3/c1-10-8-11-6(5-2-3-5)4-7(9)12-8/h4-5H,2-3H2,1H3,(H,10,11,12). The predicted octanol–water partition coefficient (Wildman–Crippen LogP) is 2.05. The molecule has 0 bridgehead atoms. The van der Waals surface area contributed by atoms with Crippen LogP contribution in [0.3, 0.4) is 0 Å². The normalized spacial score (nSPS) is 16.2. The topological polar surface area (TPSA) is 37.8 Å². The van der Waals surface area contributed by atoms with Gasteiger partial charge in [0.1, 0.15) is 5.15 Å². The third-order valence-electron chi connectivity index (χ3n) is 1.93. The van der Waals surface area contributed by atoms with E-state index in [9.17, 15) is 0 Å². The van der Waals surface area contributed by atoms with Gasteiger partial charge in [-0.05, 0) is 18.9 Å². The summed E-state index contributed by atoms with van der Waals surface area (Å²) in [5.41, 5.74) is 1.07. The Hall–Kier alpha value is -0.830. The van der Waals surface area contributed by atoms with E-state index in [-0.39, 0.29) is 0 Å². The number of anilines is 1. The highest BCUT2D eigenvalue weighted by molar-refractivity contribution is 6.29. The Morgan fingerprint density at radius 3 is 2.83 bits per heavy atom. The van der Waals surface area contributed by atoms with E-state index in [2.05, 4.69) is 15.3 Å². The number of halogens is 1. The summed E-state index contributed by atoms with van der Waals surface area (Å²) in [6, 6.07) is 1.85. The van der Waals surface area contributed by atoms with Crippen molar-refractivity contribution in [1.29, 1.82) is 0 Å². The van der Waals surface area contributed by atoms with Crippen LogP contribution in [-0.2, 0) is 0 Å². The monoisotopic (exact) mass is 183 g/mol. The zero-order valence-electron chi connectivity index (χ0n) is 6.84. The van der Waals surface area contributed by atoms with Gasteiger partial charge < -0.3 is 5.32 Å². The molecule has 1 aromatic rings. The van der Waals surface area contributed by atoms with Crippen molar-refractivity contribution in [3.63, 3.8) is 0 Å². The van der Waals surface area contributed by atoms with Crippen molar-refractivity contribution in [1.82, 2.24) is 9.97 Å². The second kappa shape index (κ2) is 2.90. The first-order valence-corrected chi connectivity index (χ1v) is 4.39. The van der Waals surface area contributed by atoms with Crippen LogP contribution < -0.4 is 5.32 Å². The third-order valence-corrected chi connectivity index (χ3v) is 2.13. The van der Waals surface area contributed by atoms with Crippen molar-refractivity contribution >= 4 is 17.5 Å². The Morgan fingerprint density at radius 2 is 2.25 bits per heavy atom. The smallest absolute Gasteiger partial charge is 0.224 e. The van der Waals surface area contributed by atoms with Gasteiger partial charge in [0.2, 0.25) is 5.95 Å². The summed E-state index contributed by atoms with van der Waals surface area (Å²) in [5, 5.41) is 3.41. The minimum Gasteiger partial charge on any atom is -0.357 e. The second-order valence-electron chi connectivity index (χ2n) is 2.96. The summed E-state index contributed by atoms with van der Waals surface area (Å²) < 4.78 is 0.